The lowest BCUT2D eigenvalue weighted by Crippen LogP contribution is -2.30. The van der Waals surface area contributed by atoms with Crippen LogP contribution in [0.25, 0.3) is 0 Å². The van der Waals surface area contributed by atoms with Crippen molar-refractivity contribution >= 4 is 29.0 Å². The van der Waals surface area contributed by atoms with Crippen molar-refractivity contribution in [1.29, 1.82) is 0 Å². The fraction of sp³-hybridized carbons (Fsp3) is 0.400. The van der Waals surface area contributed by atoms with Crippen molar-refractivity contribution in [1.82, 2.24) is 15.2 Å². The molecular formula is C15H19N5OS. The maximum Gasteiger partial charge on any atom is 0.234 e. The molecule has 0 spiro atoms. The molecule has 0 radical (unpaired) electrons. The number of nitrogens with one attached hydrogen (secondary N) is 2. The molecule has 0 unspecified atom stereocenters. The van der Waals surface area contributed by atoms with Crippen LogP contribution >= 0.6 is 11.8 Å². The van der Waals surface area contributed by atoms with Crippen LogP contribution < -0.4 is 10.2 Å². The minimum Gasteiger partial charge on any atom is -0.370 e. The van der Waals surface area contributed by atoms with E-state index < -0.39 is 0 Å². The highest BCUT2D eigenvalue weighted by molar-refractivity contribution is 7.99. The van der Waals surface area contributed by atoms with Crippen LogP contribution in [0.5, 0.6) is 0 Å². The van der Waals surface area contributed by atoms with Crippen molar-refractivity contribution in [3.8, 4) is 0 Å². The SMILES string of the molecule is O=C(CSc1nc[nH]n1)Nc1ccccc1N1CCCCC1. The summed E-state index contributed by atoms with van der Waals surface area (Å²) in [5, 5.41) is 10.1. The Balaban J connectivity index is 1.62. The van der Waals surface area contributed by atoms with Crippen molar-refractivity contribution in [3.05, 3.63) is 30.6 Å². The fourth-order valence-electron chi connectivity index (χ4n) is 2.57. The second-order valence-corrected chi connectivity index (χ2v) is 6.13. The maximum absolute atomic E-state index is 12.1. The van der Waals surface area contributed by atoms with E-state index in [1.807, 2.05) is 18.2 Å². The van der Waals surface area contributed by atoms with Gasteiger partial charge in [0.15, 0.2) is 0 Å². The van der Waals surface area contributed by atoms with E-state index in [4.69, 9.17) is 0 Å². The zero-order valence-electron chi connectivity index (χ0n) is 12.3. The average molecular weight is 317 g/mol. The van der Waals surface area contributed by atoms with E-state index in [1.54, 1.807) is 0 Å². The summed E-state index contributed by atoms with van der Waals surface area (Å²) >= 11 is 1.32. The summed E-state index contributed by atoms with van der Waals surface area (Å²) in [5.41, 5.74) is 1.99. The van der Waals surface area contributed by atoms with E-state index in [-0.39, 0.29) is 5.91 Å². The zero-order valence-corrected chi connectivity index (χ0v) is 13.1. The van der Waals surface area contributed by atoms with Crippen molar-refractivity contribution in [2.24, 2.45) is 0 Å². The number of nitrogens with zero attached hydrogens (tertiary/aromatic N) is 3. The van der Waals surface area contributed by atoms with Gasteiger partial charge < -0.3 is 10.2 Å². The number of hydrogen-bond donors (Lipinski definition) is 2. The summed E-state index contributed by atoms with van der Waals surface area (Å²) < 4.78 is 0. The molecule has 6 nitrogen and oxygen atoms in total. The highest BCUT2D eigenvalue weighted by Gasteiger charge is 2.15. The third-order valence-corrected chi connectivity index (χ3v) is 4.46. The van der Waals surface area contributed by atoms with E-state index in [0.29, 0.717) is 10.9 Å². The first-order chi connectivity index (χ1) is 10.8. The molecule has 22 heavy (non-hydrogen) atoms. The molecule has 3 rings (SSSR count). The van der Waals surface area contributed by atoms with Gasteiger partial charge in [-0.2, -0.15) is 0 Å². The number of hydrogen-bond acceptors (Lipinski definition) is 5. The second kappa shape index (κ2) is 7.31. The van der Waals surface area contributed by atoms with Crippen LogP contribution in [-0.4, -0.2) is 39.9 Å². The lowest BCUT2D eigenvalue weighted by molar-refractivity contribution is -0.113. The smallest absolute Gasteiger partial charge is 0.234 e. The third-order valence-electron chi connectivity index (χ3n) is 3.60. The molecule has 2 aromatic rings. The van der Waals surface area contributed by atoms with Crippen molar-refractivity contribution in [2.75, 3.05) is 29.1 Å². The fourth-order valence-corrected chi connectivity index (χ4v) is 3.15. The number of carbonyl (C=O) groups excluding carboxylic acids is 1. The Hall–Kier alpha value is -2.02. The number of para-hydroxylation sites is 2. The summed E-state index contributed by atoms with van der Waals surface area (Å²) in [6.07, 6.45) is 5.22. The summed E-state index contributed by atoms with van der Waals surface area (Å²) in [7, 11) is 0. The highest BCUT2D eigenvalue weighted by Crippen LogP contribution is 2.28. The molecule has 0 aliphatic carbocycles. The maximum atomic E-state index is 12.1. The van der Waals surface area contributed by atoms with Gasteiger partial charge in [0.05, 0.1) is 17.1 Å². The number of aromatic amines is 1. The Labute approximate surface area is 133 Å². The number of anilines is 2. The number of thioether (sulfide) groups is 1. The Morgan fingerprint density at radius 1 is 1.27 bits per heavy atom. The van der Waals surface area contributed by atoms with Gasteiger partial charge in [-0.15, -0.1) is 5.10 Å². The molecule has 1 amide bonds. The van der Waals surface area contributed by atoms with Crippen LogP contribution in [0.2, 0.25) is 0 Å². The molecule has 1 aliphatic rings. The standard InChI is InChI=1S/C15H19N5OS/c21-14(10-22-15-16-11-17-19-15)18-12-6-2-3-7-13(12)20-8-4-1-5-9-20/h2-3,6-7,11H,1,4-5,8-10H2,(H,18,21)(H,16,17,19). The Morgan fingerprint density at radius 2 is 2.09 bits per heavy atom. The first kappa shape index (κ1) is 14.9. The quantitative estimate of drug-likeness (QED) is 0.829. The van der Waals surface area contributed by atoms with Gasteiger partial charge in [0.2, 0.25) is 11.1 Å². The minimum atomic E-state index is -0.0424. The normalized spacial score (nSPS) is 14.8. The lowest BCUT2D eigenvalue weighted by Gasteiger charge is -2.30. The van der Waals surface area contributed by atoms with Crippen LogP contribution in [0.15, 0.2) is 35.7 Å². The zero-order chi connectivity index (χ0) is 15.2. The molecule has 116 valence electrons. The largest absolute Gasteiger partial charge is 0.370 e. The Bertz CT molecular complexity index is 610. The van der Waals surface area contributed by atoms with Crippen molar-refractivity contribution in [2.45, 2.75) is 24.4 Å². The molecule has 7 heteroatoms. The minimum absolute atomic E-state index is 0.0424. The van der Waals surface area contributed by atoms with Crippen LogP contribution in [0.3, 0.4) is 0 Å². The van der Waals surface area contributed by atoms with Gasteiger partial charge in [-0.3, -0.25) is 9.89 Å². The molecule has 1 aromatic carbocycles. The van der Waals surface area contributed by atoms with Gasteiger partial charge in [0.25, 0.3) is 0 Å². The first-order valence-corrected chi connectivity index (χ1v) is 8.44. The van der Waals surface area contributed by atoms with Gasteiger partial charge in [-0.05, 0) is 31.4 Å². The molecule has 1 saturated heterocycles. The first-order valence-electron chi connectivity index (χ1n) is 7.45. The Kier molecular flexibility index (Phi) is 4.95. The monoisotopic (exact) mass is 317 g/mol. The van der Waals surface area contributed by atoms with E-state index in [0.717, 1.165) is 24.5 Å². The molecular weight excluding hydrogens is 298 g/mol. The number of piperidine rings is 1. The van der Waals surface area contributed by atoms with Crippen LogP contribution in [0.1, 0.15) is 19.3 Å². The van der Waals surface area contributed by atoms with E-state index in [2.05, 4.69) is 31.5 Å². The summed E-state index contributed by atoms with van der Waals surface area (Å²) in [5.74, 6) is 0.255. The number of H-pyrrole nitrogens is 1. The van der Waals surface area contributed by atoms with Crippen LogP contribution in [0.4, 0.5) is 11.4 Å². The van der Waals surface area contributed by atoms with Gasteiger partial charge in [-0.1, -0.05) is 23.9 Å². The summed E-state index contributed by atoms with van der Waals surface area (Å²) in [6, 6.07) is 8.00. The number of benzene rings is 1. The predicted octanol–water partition coefficient (Wildman–Crippen LogP) is 2.53. The van der Waals surface area contributed by atoms with E-state index in [9.17, 15) is 4.79 Å². The molecule has 0 atom stereocenters. The van der Waals surface area contributed by atoms with Gasteiger partial charge in [-0.25, -0.2) is 4.98 Å². The lowest BCUT2D eigenvalue weighted by atomic mass is 10.1. The Morgan fingerprint density at radius 3 is 2.86 bits per heavy atom. The molecule has 1 aliphatic heterocycles. The van der Waals surface area contributed by atoms with Crippen LogP contribution in [0, 0.1) is 0 Å². The van der Waals surface area contributed by atoms with Crippen molar-refractivity contribution in [3.63, 3.8) is 0 Å². The van der Waals surface area contributed by atoms with Crippen LogP contribution in [-0.2, 0) is 4.79 Å². The molecule has 0 bridgehead atoms. The average Bonchev–Trinajstić information content (AvgIpc) is 3.08. The number of rotatable bonds is 5. The third kappa shape index (κ3) is 3.79. The number of amides is 1. The predicted molar refractivity (Wildman–Crippen MR) is 88.2 cm³/mol. The summed E-state index contributed by atoms with van der Waals surface area (Å²) in [6.45, 7) is 2.11. The molecule has 1 fully saturated rings. The van der Waals surface area contributed by atoms with E-state index >= 15 is 0 Å². The van der Waals surface area contributed by atoms with Crippen molar-refractivity contribution < 1.29 is 4.79 Å². The van der Waals surface area contributed by atoms with E-state index in [1.165, 1.54) is 37.4 Å². The topological polar surface area (TPSA) is 73.9 Å². The highest BCUT2D eigenvalue weighted by atomic mass is 32.2. The molecule has 2 heterocycles. The van der Waals surface area contributed by atoms with Gasteiger partial charge >= 0.3 is 0 Å². The molecule has 0 saturated carbocycles. The van der Waals surface area contributed by atoms with Gasteiger partial charge in [0.1, 0.15) is 6.33 Å². The molecule has 2 N–H and O–H groups in total. The number of carbonyl (C=O) groups is 1. The summed E-state index contributed by atoms with van der Waals surface area (Å²) in [4.78, 5) is 18.5. The second-order valence-electron chi connectivity index (χ2n) is 5.18. The number of aromatic nitrogens is 3. The molecule has 1 aromatic heterocycles. The van der Waals surface area contributed by atoms with Gasteiger partial charge in [0, 0.05) is 13.1 Å².